The Labute approximate surface area is 178 Å². The first-order valence-electron chi connectivity index (χ1n) is 10.9. The Kier molecular flexibility index (Phi) is 6.18. The second kappa shape index (κ2) is 9.00. The largest absolute Gasteiger partial charge is 0.362 e. The van der Waals surface area contributed by atoms with Crippen molar-refractivity contribution in [2.45, 2.75) is 45.2 Å². The zero-order valence-corrected chi connectivity index (χ0v) is 18.5. The van der Waals surface area contributed by atoms with Gasteiger partial charge in [-0.15, -0.1) is 0 Å². The first-order chi connectivity index (χ1) is 14.5. The van der Waals surface area contributed by atoms with Gasteiger partial charge in [0.2, 0.25) is 5.95 Å². The molecular weight excluding hydrogens is 374 g/mol. The summed E-state index contributed by atoms with van der Waals surface area (Å²) < 4.78 is 1.97. The summed E-state index contributed by atoms with van der Waals surface area (Å²) in [6, 6.07) is 10.8. The highest BCUT2D eigenvalue weighted by Gasteiger charge is 2.22. The van der Waals surface area contributed by atoms with Gasteiger partial charge in [0.1, 0.15) is 5.82 Å². The fourth-order valence-electron chi connectivity index (χ4n) is 4.39. The number of anilines is 2. The molecule has 0 radical (unpaired) electrons. The van der Waals surface area contributed by atoms with Gasteiger partial charge in [0.05, 0.1) is 16.9 Å². The molecule has 0 spiro atoms. The van der Waals surface area contributed by atoms with E-state index in [1.165, 1.54) is 18.5 Å². The van der Waals surface area contributed by atoms with Gasteiger partial charge in [-0.1, -0.05) is 12.1 Å². The Morgan fingerprint density at radius 3 is 2.57 bits per heavy atom. The van der Waals surface area contributed by atoms with Gasteiger partial charge in [0, 0.05) is 39.1 Å². The summed E-state index contributed by atoms with van der Waals surface area (Å²) in [5.74, 6) is 2.43. The number of nitrogens with zero attached hydrogens (tertiary/aromatic N) is 5. The van der Waals surface area contributed by atoms with E-state index in [2.05, 4.69) is 38.8 Å². The normalized spacial score (nSPS) is 19.2. The highest BCUT2D eigenvalue weighted by molar-refractivity contribution is 5.90. The van der Waals surface area contributed by atoms with Crippen molar-refractivity contribution in [3.05, 3.63) is 41.7 Å². The van der Waals surface area contributed by atoms with Gasteiger partial charge in [-0.2, -0.15) is 10.1 Å². The maximum absolute atomic E-state index is 4.79. The number of hydrogen-bond donors (Lipinski definition) is 2. The number of aryl methyl sites for hydroxylation is 2. The first-order valence-corrected chi connectivity index (χ1v) is 10.9. The lowest BCUT2D eigenvalue weighted by Gasteiger charge is -2.29. The van der Waals surface area contributed by atoms with Gasteiger partial charge in [0.15, 0.2) is 0 Å². The average molecular weight is 408 g/mol. The molecule has 2 aromatic heterocycles. The molecule has 4 rings (SSSR count). The fourth-order valence-corrected chi connectivity index (χ4v) is 4.39. The molecule has 1 aliphatic rings. The SMILES string of the molecule is Cc1cc(CNC[C@H]2CC[C@@H](Nc3nc(N(C)C)c4ccccc4n3)CC2)n(C)n1. The molecule has 2 heterocycles. The smallest absolute Gasteiger partial charge is 0.225 e. The summed E-state index contributed by atoms with van der Waals surface area (Å²) in [6.45, 7) is 3.99. The van der Waals surface area contributed by atoms with E-state index in [9.17, 15) is 0 Å². The lowest BCUT2D eigenvalue weighted by molar-refractivity contribution is 0.323. The van der Waals surface area contributed by atoms with E-state index >= 15 is 0 Å². The molecule has 30 heavy (non-hydrogen) atoms. The van der Waals surface area contributed by atoms with E-state index < -0.39 is 0 Å². The standard InChI is InChI=1S/C23H33N7/c1-16-13-19(30(4)28-16)15-24-14-17-9-11-18(12-10-17)25-23-26-21-8-6-5-7-20(21)22(27-23)29(2)3/h5-8,13,17-18,24H,9-12,14-15H2,1-4H3,(H,25,26,27)/t17-,18+. The van der Waals surface area contributed by atoms with Crippen molar-refractivity contribution >= 4 is 22.7 Å². The zero-order valence-electron chi connectivity index (χ0n) is 18.5. The molecule has 160 valence electrons. The number of rotatable bonds is 7. The van der Waals surface area contributed by atoms with Gasteiger partial charge in [-0.25, -0.2) is 4.98 Å². The Morgan fingerprint density at radius 1 is 1.10 bits per heavy atom. The molecule has 1 aromatic carbocycles. The van der Waals surface area contributed by atoms with Crippen LogP contribution in [0.25, 0.3) is 10.9 Å². The van der Waals surface area contributed by atoms with Gasteiger partial charge < -0.3 is 15.5 Å². The third-order valence-electron chi connectivity index (χ3n) is 6.02. The lowest BCUT2D eigenvalue weighted by atomic mass is 9.86. The molecule has 1 saturated carbocycles. The molecule has 0 amide bonds. The third kappa shape index (κ3) is 4.73. The van der Waals surface area contributed by atoms with Gasteiger partial charge in [-0.05, 0) is 63.3 Å². The van der Waals surface area contributed by atoms with Crippen LogP contribution in [0, 0.1) is 12.8 Å². The van der Waals surface area contributed by atoms with E-state index in [4.69, 9.17) is 9.97 Å². The van der Waals surface area contributed by atoms with E-state index in [0.29, 0.717) is 6.04 Å². The number of nitrogens with one attached hydrogen (secondary N) is 2. The van der Waals surface area contributed by atoms with Crippen molar-refractivity contribution in [2.24, 2.45) is 13.0 Å². The van der Waals surface area contributed by atoms with Crippen LogP contribution < -0.4 is 15.5 Å². The minimum absolute atomic E-state index is 0.442. The molecule has 1 fully saturated rings. The molecule has 0 unspecified atom stereocenters. The third-order valence-corrected chi connectivity index (χ3v) is 6.02. The van der Waals surface area contributed by atoms with Gasteiger partial charge >= 0.3 is 0 Å². The zero-order chi connectivity index (χ0) is 21.1. The molecule has 0 atom stereocenters. The second-order valence-electron chi connectivity index (χ2n) is 8.68. The maximum Gasteiger partial charge on any atom is 0.225 e. The maximum atomic E-state index is 4.79. The molecule has 3 aromatic rings. The van der Waals surface area contributed by atoms with Crippen molar-refractivity contribution in [3.8, 4) is 0 Å². The van der Waals surface area contributed by atoms with Crippen LogP contribution in [0.3, 0.4) is 0 Å². The predicted molar refractivity (Wildman–Crippen MR) is 123 cm³/mol. The lowest BCUT2D eigenvalue weighted by Crippen LogP contribution is -2.32. The van der Waals surface area contributed by atoms with Crippen LogP contribution in [0.1, 0.15) is 37.1 Å². The van der Waals surface area contributed by atoms with Crippen molar-refractivity contribution in [1.82, 2.24) is 25.1 Å². The summed E-state index contributed by atoms with van der Waals surface area (Å²) in [4.78, 5) is 11.6. The molecule has 0 aliphatic heterocycles. The quantitative estimate of drug-likeness (QED) is 0.625. The molecule has 0 bridgehead atoms. The summed E-state index contributed by atoms with van der Waals surface area (Å²) >= 11 is 0. The summed E-state index contributed by atoms with van der Waals surface area (Å²) in [7, 11) is 6.07. The highest BCUT2D eigenvalue weighted by Crippen LogP contribution is 2.28. The average Bonchev–Trinajstić information content (AvgIpc) is 3.05. The van der Waals surface area contributed by atoms with Crippen LogP contribution in [-0.2, 0) is 13.6 Å². The van der Waals surface area contributed by atoms with Crippen LogP contribution >= 0.6 is 0 Å². The van der Waals surface area contributed by atoms with E-state index in [-0.39, 0.29) is 0 Å². The number of benzene rings is 1. The number of fused-ring (bicyclic) bond motifs is 1. The van der Waals surface area contributed by atoms with Crippen LogP contribution in [-0.4, -0.2) is 46.4 Å². The molecule has 7 heteroatoms. The Bertz CT molecular complexity index is 986. The van der Waals surface area contributed by atoms with Crippen molar-refractivity contribution < 1.29 is 0 Å². The monoisotopic (exact) mass is 407 g/mol. The fraction of sp³-hybridized carbons (Fsp3) is 0.522. The predicted octanol–water partition coefficient (Wildman–Crippen LogP) is 3.50. The van der Waals surface area contributed by atoms with Crippen LogP contribution in [0.4, 0.5) is 11.8 Å². The summed E-state index contributed by atoms with van der Waals surface area (Å²) in [5.41, 5.74) is 3.31. The Hall–Kier alpha value is -2.67. The van der Waals surface area contributed by atoms with Gasteiger partial charge in [-0.3, -0.25) is 4.68 Å². The molecule has 1 aliphatic carbocycles. The molecule has 0 saturated heterocycles. The highest BCUT2D eigenvalue weighted by atomic mass is 15.3. The van der Waals surface area contributed by atoms with Crippen molar-refractivity contribution in [1.29, 1.82) is 0 Å². The molecule has 2 N–H and O–H groups in total. The molecule has 7 nitrogen and oxygen atoms in total. The summed E-state index contributed by atoms with van der Waals surface area (Å²) in [5, 5.41) is 12.7. The second-order valence-corrected chi connectivity index (χ2v) is 8.68. The topological polar surface area (TPSA) is 70.9 Å². The minimum Gasteiger partial charge on any atom is -0.362 e. The van der Waals surface area contributed by atoms with Crippen LogP contribution in [0.15, 0.2) is 30.3 Å². The van der Waals surface area contributed by atoms with Gasteiger partial charge in [0.25, 0.3) is 0 Å². The van der Waals surface area contributed by atoms with Crippen molar-refractivity contribution in [2.75, 3.05) is 30.9 Å². The summed E-state index contributed by atoms with van der Waals surface area (Å²) in [6.07, 6.45) is 4.77. The molecular formula is C23H33N7. The minimum atomic E-state index is 0.442. The van der Waals surface area contributed by atoms with Crippen LogP contribution in [0.5, 0.6) is 0 Å². The van der Waals surface area contributed by atoms with E-state index in [1.54, 1.807) is 0 Å². The Balaban J connectivity index is 1.30. The van der Waals surface area contributed by atoms with Crippen LogP contribution in [0.2, 0.25) is 0 Å². The number of aromatic nitrogens is 4. The first kappa shape index (κ1) is 20.6. The number of para-hydroxylation sites is 1. The Morgan fingerprint density at radius 2 is 1.87 bits per heavy atom. The van der Waals surface area contributed by atoms with Crippen molar-refractivity contribution in [3.63, 3.8) is 0 Å². The van der Waals surface area contributed by atoms with E-state index in [1.807, 2.05) is 44.9 Å². The number of hydrogen-bond acceptors (Lipinski definition) is 6. The van der Waals surface area contributed by atoms with E-state index in [0.717, 1.165) is 60.2 Å².